The monoisotopic (exact) mass is 495 g/mol. The molecule has 0 aliphatic heterocycles. The lowest BCUT2D eigenvalue weighted by atomic mass is 9.97. The van der Waals surface area contributed by atoms with Crippen LogP contribution in [-0.4, -0.2) is 36.5 Å². The summed E-state index contributed by atoms with van der Waals surface area (Å²) < 4.78 is 11.7. The van der Waals surface area contributed by atoms with Crippen molar-refractivity contribution in [1.29, 1.82) is 5.26 Å². The zero-order chi connectivity index (χ0) is 25.1. The molecular formula is C24H29N5O3SSi. The number of carbonyl (C=O) groups is 1. The molecule has 8 nitrogen and oxygen atoms in total. The van der Waals surface area contributed by atoms with E-state index in [1.54, 1.807) is 31.4 Å². The molecule has 2 heterocycles. The Morgan fingerprint density at radius 3 is 2.59 bits per heavy atom. The minimum atomic E-state index is -1.92. The summed E-state index contributed by atoms with van der Waals surface area (Å²) in [5, 5.41) is 21.6. The Morgan fingerprint density at radius 1 is 1.21 bits per heavy atom. The first kappa shape index (κ1) is 25.5. The summed E-state index contributed by atoms with van der Waals surface area (Å²) in [6.07, 6.45) is 1.51. The second-order valence-corrected chi connectivity index (χ2v) is 15.3. The lowest BCUT2D eigenvalue weighted by Crippen LogP contribution is -2.40. The molecule has 178 valence electrons. The molecular weight excluding hydrogens is 466 g/mol. The lowest BCUT2D eigenvalue weighted by Gasteiger charge is -2.35. The Morgan fingerprint density at radius 2 is 1.94 bits per heavy atom. The van der Waals surface area contributed by atoms with Crippen molar-refractivity contribution in [3.8, 4) is 22.9 Å². The van der Waals surface area contributed by atoms with Crippen LogP contribution >= 0.6 is 11.3 Å². The van der Waals surface area contributed by atoms with Gasteiger partial charge >= 0.3 is 0 Å². The Labute approximate surface area is 205 Å². The number of hydrogen-bond donors (Lipinski definition) is 1. The summed E-state index contributed by atoms with van der Waals surface area (Å²) in [6, 6.07) is 9.01. The van der Waals surface area contributed by atoms with Gasteiger partial charge in [-0.1, -0.05) is 32.1 Å². The summed E-state index contributed by atoms with van der Waals surface area (Å²) in [5.41, 5.74) is 2.79. The quantitative estimate of drug-likeness (QED) is 0.427. The van der Waals surface area contributed by atoms with Crippen molar-refractivity contribution < 1.29 is 14.0 Å². The Hall–Kier alpha value is -3.13. The molecule has 0 fully saturated rings. The van der Waals surface area contributed by atoms with E-state index >= 15 is 0 Å². The number of aryl methyl sites for hydroxylation is 1. The van der Waals surface area contributed by atoms with Crippen molar-refractivity contribution in [1.82, 2.24) is 15.2 Å². The van der Waals surface area contributed by atoms with Gasteiger partial charge in [-0.15, -0.1) is 10.2 Å². The summed E-state index contributed by atoms with van der Waals surface area (Å²) in [4.78, 5) is 17.5. The number of rotatable bonds is 7. The molecule has 0 aliphatic carbocycles. The van der Waals surface area contributed by atoms with Crippen LogP contribution in [0.25, 0.3) is 11.1 Å². The average Bonchev–Trinajstić information content (AvgIpc) is 3.23. The number of benzene rings is 1. The number of pyridine rings is 1. The van der Waals surface area contributed by atoms with Gasteiger partial charge in [0.15, 0.2) is 8.32 Å². The molecule has 3 rings (SSSR count). The first-order valence-corrected chi connectivity index (χ1v) is 14.5. The number of carbonyl (C=O) groups excluding carboxylic acids is 1. The van der Waals surface area contributed by atoms with E-state index in [2.05, 4.69) is 60.4 Å². The maximum absolute atomic E-state index is 13.2. The first-order valence-electron chi connectivity index (χ1n) is 10.8. The van der Waals surface area contributed by atoms with Gasteiger partial charge in [0.1, 0.15) is 10.8 Å². The Bertz CT molecular complexity index is 1240. The van der Waals surface area contributed by atoms with E-state index < -0.39 is 8.32 Å². The molecule has 0 atom stereocenters. The van der Waals surface area contributed by atoms with Crippen molar-refractivity contribution in [3.63, 3.8) is 0 Å². The average molecular weight is 496 g/mol. The van der Waals surface area contributed by atoms with Crippen molar-refractivity contribution >= 4 is 30.7 Å². The molecule has 0 saturated heterocycles. The van der Waals surface area contributed by atoms with Crippen molar-refractivity contribution in [2.45, 2.75) is 52.4 Å². The number of aromatic nitrogens is 3. The minimum Gasteiger partial charge on any atom is -0.496 e. The highest BCUT2D eigenvalue weighted by atomic mass is 32.1. The van der Waals surface area contributed by atoms with Gasteiger partial charge in [0.25, 0.3) is 5.91 Å². The van der Waals surface area contributed by atoms with E-state index in [4.69, 9.17) is 9.16 Å². The number of amides is 1. The lowest BCUT2D eigenvalue weighted by molar-refractivity contribution is 0.102. The van der Waals surface area contributed by atoms with Crippen LogP contribution in [0.5, 0.6) is 5.75 Å². The molecule has 0 saturated carbocycles. The summed E-state index contributed by atoms with van der Waals surface area (Å²) >= 11 is 1.28. The number of nitriles is 1. The zero-order valence-electron chi connectivity index (χ0n) is 20.5. The topological polar surface area (TPSA) is 110 Å². The number of methoxy groups -OCH3 is 1. The fourth-order valence-electron chi connectivity index (χ4n) is 2.94. The SMILES string of the molecule is COc1ccc(C#N)cc1-c1cc(C)ncc1C(=O)Nc1nnc(CO[Si](C)(C)C(C)(C)C)s1. The van der Waals surface area contributed by atoms with E-state index in [9.17, 15) is 10.1 Å². The second-order valence-electron chi connectivity index (χ2n) is 9.40. The van der Waals surface area contributed by atoms with Gasteiger partial charge in [-0.25, -0.2) is 0 Å². The maximum atomic E-state index is 13.2. The molecule has 1 N–H and O–H groups in total. The summed E-state index contributed by atoms with van der Waals surface area (Å²) in [5.74, 6) is 0.180. The standard InChI is InChI=1S/C24H29N5O3SSi/c1-15-10-17(18-11-16(12-25)8-9-20(18)31-5)19(13-26-15)22(30)27-23-29-28-21(33-23)14-32-34(6,7)24(2,3)4/h8-11,13H,14H2,1-7H3,(H,27,29,30). The highest BCUT2D eigenvalue weighted by Crippen LogP contribution is 2.37. The van der Waals surface area contributed by atoms with Gasteiger partial charge in [0.2, 0.25) is 5.13 Å². The minimum absolute atomic E-state index is 0.0908. The van der Waals surface area contributed by atoms with Crippen LogP contribution in [0.15, 0.2) is 30.5 Å². The van der Waals surface area contributed by atoms with Crippen LogP contribution in [0.4, 0.5) is 5.13 Å². The molecule has 10 heteroatoms. The van der Waals surface area contributed by atoms with Gasteiger partial charge in [-0.2, -0.15) is 5.26 Å². The van der Waals surface area contributed by atoms with E-state index in [0.29, 0.717) is 44.7 Å². The summed E-state index contributed by atoms with van der Waals surface area (Å²) in [6.45, 7) is 13.1. The number of anilines is 1. The fraction of sp³-hybridized carbons (Fsp3) is 0.375. The number of nitrogens with zero attached hydrogens (tertiary/aromatic N) is 4. The molecule has 0 unspecified atom stereocenters. The molecule has 0 bridgehead atoms. The highest BCUT2D eigenvalue weighted by molar-refractivity contribution is 7.15. The largest absolute Gasteiger partial charge is 0.496 e. The molecule has 2 aromatic heterocycles. The predicted molar refractivity (Wildman–Crippen MR) is 136 cm³/mol. The van der Waals surface area contributed by atoms with Crippen LogP contribution in [0.3, 0.4) is 0 Å². The van der Waals surface area contributed by atoms with E-state index in [1.807, 2.05) is 6.92 Å². The van der Waals surface area contributed by atoms with Crippen LogP contribution in [0, 0.1) is 18.3 Å². The van der Waals surface area contributed by atoms with Crippen LogP contribution in [0.1, 0.15) is 47.4 Å². The third kappa shape index (κ3) is 5.67. The third-order valence-corrected chi connectivity index (χ3v) is 11.2. The van der Waals surface area contributed by atoms with E-state index in [0.717, 1.165) is 5.69 Å². The van der Waals surface area contributed by atoms with Crippen LogP contribution in [0.2, 0.25) is 18.1 Å². The first-order chi connectivity index (χ1) is 15.9. The van der Waals surface area contributed by atoms with E-state index in [-0.39, 0.29) is 10.9 Å². The van der Waals surface area contributed by atoms with Crippen molar-refractivity contribution in [2.24, 2.45) is 0 Å². The normalized spacial score (nSPS) is 11.7. The van der Waals surface area contributed by atoms with Crippen LogP contribution < -0.4 is 10.1 Å². The Kier molecular flexibility index (Phi) is 7.50. The second kappa shape index (κ2) is 10.0. The number of ether oxygens (including phenoxy) is 1. The third-order valence-electron chi connectivity index (χ3n) is 5.95. The molecule has 0 spiro atoms. The molecule has 1 amide bonds. The molecule has 0 radical (unpaired) electrons. The smallest absolute Gasteiger partial charge is 0.259 e. The highest BCUT2D eigenvalue weighted by Gasteiger charge is 2.37. The number of hydrogen-bond acceptors (Lipinski definition) is 8. The van der Waals surface area contributed by atoms with Crippen molar-refractivity contribution in [2.75, 3.05) is 12.4 Å². The zero-order valence-corrected chi connectivity index (χ0v) is 22.3. The van der Waals surface area contributed by atoms with Gasteiger partial charge in [-0.05, 0) is 49.3 Å². The van der Waals surface area contributed by atoms with Gasteiger partial charge in [-0.3, -0.25) is 15.1 Å². The predicted octanol–water partition coefficient (Wildman–Crippen LogP) is 5.56. The van der Waals surface area contributed by atoms with Gasteiger partial charge < -0.3 is 9.16 Å². The number of nitrogens with one attached hydrogen (secondary N) is 1. The molecule has 34 heavy (non-hydrogen) atoms. The van der Waals surface area contributed by atoms with Crippen LogP contribution in [-0.2, 0) is 11.0 Å². The van der Waals surface area contributed by atoms with Crippen molar-refractivity contribution in [3.05, 3.63) is 52.3 Å². The van der Waals surface area contributed by atoms with Gasteiger partial charge in [0, 0.05) is 23.0 Å². The van der Waals surface area contributed by atoms with Gasteiger partial charge in [0.05, 0.1) is 30.9 Å². The maximum Gasteiger partial charge on any atom is 0.259 e. The molecule has 0 aliphatic rings. The summed E-state index contributed by atoms with van der Waals surface area (Å²) in [7, 11) is -0.373. The van der Waals surface area contributed by atoms with E-state index in [1.165, 1.54) is 17.5 Å². The molecule has 3 aromatic rings. The fourth-order valence-corrected chi connectivity index (χ4v) is 4.62. The Balaban J connectivity index is 1.85. The molecule has 1 aromatic carbocycles.